The lowest BCUT2D eigenvalue weighted by molar-refractivity contribution is -0.415. The van der Waals surface area contributed by atoms with E-state index in [-0.39, 0.29) is 0 Å². The molecule has 0 atom stereocenters. The van der Waals surface area contributed by atoms with Crippen molar-refractivity contribution in [3.63, 3.8) is 0 Å². The first-order valence-electron chi connectivity index (χ1n) is 4.05. The Hall–Kier alpha value is -0.770. The zero-order chi connectivity index (χ0) is 18.9. The van der Waals surface area contributed by atoms with E-state index >= 15 is 0 Å². The zero-order valence-electron chi connectivity index (χ0n) is 8.96. The Bertz CT molecular complexity index is 446. The summed E-state index contributed by atoms with van der Waals surface area (Å²) in [6.07, 6.45) is -7.74. The van der Waals surface area contributed by atoms with Crippen LogP contribution in [0.1, 0.15) is 0 Å². The molecule has 0 aromatic heterocycles. The molecule has 0 saturated carbocycles. The van der Waals surface area contributed by atoms with Crippen molar-refractivity contribution in [1.82, 2.24) is 0 Å². The first-order chi connectivity index (χ1) is 8.75. The summed E-state index contributed by atoms with van der Waals surface area (Å²) in [7, 11) is -13.0. The van der Waals surface area contributed by atoms with E-state index in [0.29, 0.717) is 0 Å². The molecule has 0 saturated heterocycles. The molecule has 0 unspecified atom stereocenters. The van der Waals surface area contributed by atoms with Crippen LogP contribution in [0.15, 0.2) is 0 Å². The first kappa shape index (κ1) is 21.2. The van der Waals surface area contributed by atoms with Crippen LogP contribution < -0.4 is 0 Å². The largest absolute Gasteiger partial charge is 0.460 e. The van der Waals surface area contributed by atoms with Crippen molar-refractivity contribution in [1.29, 1.82) is 0 Å². The van der Waals surface area contributed by atoms with Gasteiger partial charge >= 0.3 is 39.4 Å². The molecule has 138 valence electrons. The van der Waals surface area contributed by atoms with E-state index in [1.807, 2.05) is 0 Å². The smallest absolute Gasteiger partial charge is 0.192 e. The quantitative estimate of drug-likeness (QED) is 0.486. The van der Waals surface area contributed by atoms with E-state index in [0.717, 1.165) is 0 Å². The molecule has 17 heteroatoms. The van der Waals surface area contributed by atoms with Crippen LogP contribution in [-0.2, 0) is 0 Å². The van der Waals surface area contributed by atoms with Gasteiger partial charge in [-0.2, -0.15) is 48.3 Å². The van der Waals surface area contributed by atoms with Gasteiger partial charge in [0.25, 0.3) is 0 Å². The molecule has 0 aliphatic carbocycles. The molecule has 0 aromatic carbocycles. The highest BCUT2D eigenvalue weighted by molar-refractivity contribution is 8.46. The molecule has 0 N–H and O–H groups in total. The number of halogens is 16. The topological polar surface area (TPSA) is 0 Å². The van der Waals surface area contributed by atoms with Gasteiger partial charge in [0, 0.05) is 0 Å². The summed E-state index contributed by atoms with van der Waals surface area (Å²) >= 11 is 0. The molecule has 0 aliphatic heterocycles. The molecule has 0 bridgehead atoms. The fourth-order valence-electron chi connectivity index (χ4n) is 0.800. The van der Waals surface area contributed by atoms with Crippen LogP contribution in [0.2, 0.25) is 0 Å². The first-order valence-corrected chi connectivity index (χ1v) is 6.01. The lowest BCUT2D eigenvalue weighted by Gasteiger charge is -2.50. The Balaban J connectivity index is 6.51. The molecule has 0 aliphatic rings. The molecule has 0 spiro atoms. The van der Waals surface area contributed by atoms with Crippen molar-refractivity contribution in [3.8, 4) is 0 Å². The van der Waals surface area contributed by atoms with Crippen molar-refractivity contribution < 1.29 is 67.7 Å². The minimum Gasteiger partial charge on any atom is -0.192 e. The average Bonchev–Trinajstić information content (AvgIpc) is 2.10. The van der Waals surface area contributed by atoms with Crippen LogP contribution in [0.25, 0.3) is 0 Å². The zero-order valence-corrected chi connectivity index (χ0v) is 9.77. The van der Waals surface area contributed by atoms with Gasteiger partial charge in [-0.1, -0.05) is 19.4 Å². The van der Waals surface area contributed by atoms with E-state index in [4.69, 9.17) is 0 Å². The second-order valence-electron chi connectivity index (χ2n) is 3.71. The second kappa shape index (κ2) is 3.82. The van der Waals surface area contributed by atoms with Gasteiger partial charge in [0.15, 0.2) is 0 Å². The highest BCUT2D eigenvalue weighted by atomic mass is 32.5. The molecular weight excluding hydrogens is 396 g/mol. The molecule has 0 aromatic rings. The SMILES string of the molecule is FC(F)(F)C(F)(F)C(F)(F)C(F)(F)C(F)(F)S(F)(F)(F)(F)F. The van der Waals surface area contributed by atoms with Crippen LogP contribution in [0, 0.1) is 0 Å². The molecule has 0 rings (SSSR count). The van der Waals surface area contributed by atoms with E-state index < -0.39 is 39.4 Å². The van der Waals surface area contributed by atoms with Gasteiger partial charge in [-0.05, 0) is 0 Å². The fourth-order valence-corrected chi connectivity index (χ4v) is 1.41. The number of hydrogen-bond acceptors (Lipinski definition) is 0. The molecule has 0 nitrogen and oxygen atoms in total. The van der Waals surface area contributed by atoms with Gasteiger partial charge < -0.3 is 0 Å². The van der Waals surface area contributed by atoms with E-state index in [2.05, 4.69) is 0 Å². The minimum absolute atomic E-state index is 7.74. The average molecular weight is 396 g/mol. The second-order valence-corrected chi connectivity index (χ2v) is 6.16. The third kappa shape index (κ3) is 2.53. The van der Waals surface area contributed by atoms with Crippen LogP contribution in [0.5, 0.6) is 0 Å². The third-order valence-corrected chi connectivity index (χ3v) is 3.22. The summed E-state index contributed by atoms with van der Waals surface area (Å²) in [5.74, 6) is -25.5. The monoisotopic (exact) mass is 396 g/mol. The molecule has 0 heterocycles. The lowest BCUT2D eigenvalue weighted by atomic mass is 10.0. The van der Waals surface area contributed by atoms with Crippen molar-refractivity contribution in [3.05, 3.63) is 0 Å². The van der Waals surface area contributed by atoms with Crippen molar-refractivity contribution in [2.24, 2.45) is 0 Å². The Morgan fingerprint density at radius 3 is 0.864 bits per heavy atom. The minimum atomic E-state index is -13.0. The standard InChI is InChI=1S/C5F16S/c6-1(7,2(8,9)4(12,13)14)3(10,11)5(15,16)22(17,18,19,20)21. The summed E-state index contributed by atoms with van der Waals surface area (Å²) in [4.78, 5) is 0. The van der Waals surface area contributed by atoms with Gasteiger partial charge in [-0.25, -0.2) is 0 Å². The van der Waals surface area contributed by atoms with Crippen LogP contribution in [-0.4, -0.2) is 29.2 Å². The molecule has 0 fully saturated rings. The maximum absolute atomic E-state index is 13.0. The number of alkyl halides is 11. The van der Waals surface area contributed by atoms with Gasteiger partial charge in [-0.15, -0.1) is 0 Å². The van der Waals surface area contributed by atoms with Crippen molar-refractivity contribution in [2.45, 2.75) is 29.2 Å². The summed E-state index contributed by atoms with van der Waals surface area (Å²) in [6.45, 7) is 0. The molecular formula is C5F16S. The number of rotatable bonds is 4. The van der Waals surface area contributed by atoms with Gasteiger partial charge in [0.05, 0.1) is 0 Å². The fraction of sp³-hybridized carbons (Fsp3) is 1.00. The molecule has 0 amide bonds. The highest BCUT2D eigenvalue weighted by Gasteiger charge is 2.99. The van der Waals surface area contributed by atoms with Crippen LogP contribution in [0.3, 0.4) is 0 Å². The summed E-state index contributed by atoms with van der Waals surface area (Å²) in [6, 6.07) is 0. The predicted molar refractivity (Wildman–Crippen MR) is 39.0 cm³/mol. The number of hydrogen-bond donors (Lipinski definition) is 0. The summed E-state index contributed by atoms with van der Waals surface area (Å²) in [5, 5.41) is -9.16. The van der Waals surface area contributed by atoms with E-state index in [1.165, 1.54) is 0 Å². The third-order valence-electron chi connectivity index (χ3n) is 1.99. The normalized spacial score (nSPS) is 19.6. The highest BCUT2D eigenvalue weighted by Crippen LogP contribution is 3.06. The van der Waals surface area contributed by atoms with Gasteiger partial charge in [0.1, 0.15) is 0 Å². The molecule has 0 radical (unpaired) electrons. The van der Waals surface area contributed by atoms with Crippen LogP contribution in [0.4, 0.5) is 67.7 Å². The maximum Gasteiger partial charge on any atom is 0.460 e. The lowest BCUT2D eigenvalue weighted by Crippen LogP contribution is -2.68. The Kier molecular flexibility index (Phi) is 3.69. The Morgan fingerprint density at radius 2 is 0.682 bits per heavy atom. The Morgan fingerprint density at radius 1 is 0.409 bits per heavy atom. The summed E-state index contributed by atoms with van der Waals surface area (Å²) in [5.41, 5.74) is 0. The Labute approximate surface area is 108 Å². The van der Waals surface area contributed by atoms with Gasteiger partial charge in [0.2, 0.25) is 0 Å². The van der Waals surface area contributed by atoms with Gasteiger partial charge in [-0.3, -0.25) is 0 Å². The molecule has 22 heavy (non-hydrogen) atoms. The predicted octanol–water partition coefficient (Wildman–Crippen LogP) is 6.35. The van der Waals surface area contributed by atoms with E-state index in [9.17, 15) is 67.7 Å². The maximum atomic E-state index is 12.3. The summed E-state index contributed by atoms with van der Waals surface area (Å²) < 4.78 is 190. The van der Waals surface area contributed by atoms with Crippen molar-refractivity contribution >= 4 is 10.2 Å². The van der Waals surface area contributed by atoms with Crippen molar-refractivity contribution in [2.75, 3.05) is 0 Å². The van der Waals surface area contributed by atoms with Crippen LogP contribution >= 0.6 is 10.2 Å². The van der Waals surface area contributed by atoms with E-state index in [1.54, 1.807) is 0 Å².